The monoisotopic (exact) mass is 288 g/mol. The Morgan fingerprint density at radius 3 is 2.89 bits per heavy atom. The molecular weight excluding hydrogens is 264 g/mol. The van der Waals surface area contributed by atoms with Crippen LogP contribution in [-0.2, 0) is 23.6 Å². The summed E-state index contributed by atoms with van der Waals surface area (Å²) in [6.07, 6.45) is 2.47. The molecular formula is C13H24N2OS2. The summed E-state index contributed by atoms with van der Waals surface area (Å²) in [5.74, 6) is 2.16. The van der Waals surface area contributed by atoms with E-state index in [4.69, 9.17) is 4.74 Å². The Morgan fingerprint density at radius 2 is 2.22 bits per heavy atom. The number of hydrogen-bond acceptors (Lipinski definition) is 5. The highest BCUT2D eigenvalue weighted by atomic mass is 32.2. The topological polar surface area (TPSA) is 34.2 Å². The number of ether oxygens (including phenoxy) is 1. The molecule has 0 fully saturated rings. The number of unbranched alkanes of at least 4 members (excludes halogenated alkanes) is 1. The van der Waals surface area contributed by atoms with Crippen LogP contribution in [0.2, 0.25) is 0 Å². The molecule has 0 radical (unpaired) electrons. The largest absolute Gasteiger partial charge is 0.378 e. The lowest BCUT2D eigenvalue weighted by molar-refractivity contribution is 0.181. The van der Waals surface area contributed by atoms with Crippen LogP contribution < -0.4 is 5.32 Å². The van der Waals surface area contributed by atoms with E-state index in [2.05, 4.69) is 24.1 Å². The third-order valence-electron chi connectivity index (χ3n) is 2.53. The number of thioether (sulfide) groups is 1. The maximum absolute atomic E-state index is 5.22. The van der Waals surface area contributed by atoms with Crippen LogP contribution in [0.3, 0.4) is 0 Å². The minimum atomic E-state index is 0.623. The van der Waals surface area contributed by atoms with Gasteiger partial charge in [-0.15, -0.1) is 11.3 Å². The zero-order valence-electron chi connectivity index (χ0n) is 11.6. The summed E-state index contributed by atoms with van der Waals surface area (Å²) >= 11 is 3.74. The van der Waals surface area contributed by atoms with Crippen molar-refractivity contribution >= 4 is 23.1 Å². The Labute approximate surface area is 119 Å². The van der Waals surface area contributed by atoms with Gasteiger partial charge >= 0.3 is 0 Å². The number of hydrogen-bond donors (Lipinski definition) is 1. The van der Waals surface area contributed by atoms with E-state index in [-0.39, 0.29) is 0 Å². The fourth-order valence-corrected chi connectivity index (χ4v) is 3.35. The van der Waals surface area contributed by atoms with Gasteiger partial charge in [-0.05, 0) is 18.7 Å². The van der Waals surface area contributed by atoms with E-state index < -0.39 is 0 Å². The van der Waals surface area contributed by atoms with Gasteiger partial charge in [0.05, 0.1) is 12.3 Å². The summed E-state index contributed by atoms with van der Waals surface area (Å²) in [6, 6.07) is 0. The molecule has 0 saturated carbocycles. The van der Waals surface area contributed by atoms with Gasteiger partial charge in [0.15, 0.2) is 0 Å². The zero-order valence-corrected chi connectivity index (χ0v) is 13.3. The molecule has 0 aromatic carbocycles. The number of nitrogens with one attached hydrogen (secondary N) is 1. The molecule has 0 aliphatic heterocycles. The minimum Gasteiger partial charge on any atom is -0.378 e. The summed E-state index contributed by atoms with van der Waals surface area (Å²) in [6.45, 7) is 7.03. The second-order valence-corrected chi connectivity index (χ2v) is 6.52. The van der Waals surface area contributed by atoms with E-state index in [0.717, 1.165) is 30.3 Å². The molecule has 1 rings (SSSR count). The first kappa shape index (κ1) is 16.0. The predicted octanol–water partition coefficient (Wildman–Crippen LogP) is 3.43. The molecule has 0 spiro atoms. The first-order valence-corrected chi connectivity index (χ1v) is 8.53. The maximum Gasteiger partial charge on any atom is 0.103 e. The highest BCUT2D eigenvalue weighted by molar-refractivity contribution is 7.98. The molecule has 0 aliphatic carbocycles. The van der Waals surface area contributed by atoms with Crippen LogP contribution in [0.15, 0.2) is 0 Å². The fourth-order valence-electron chi connectivity index (χ4n) is 1.58. The Morgan fingerprint density at radius 1 is 1.39 bits per heavy atom. The molecule has 1 N–H and O–H groups in total. The first-order chi connectivity index (χ1) is 8.81. The molecule has 18 heavy (non-hydrogen) atoms. The molecule has 1 aromatic heterocycles. The standard InChI is InChI=1S/C13H24N2OS2/c1-4-6-7-14-8-12-11(9-16-3)15-13(18-12)10-17-5-2/h14H,4-10H2,1-3H3. The number of rotatable bonds is 10. The average Bonchev–Trinajstić information content (AvgIpc) is 2.75. The van der Waals surface area contributed by atoms with Crippen LogP contribution in [0.4, 0.5) is 0 Å². The second-order valence-electron chi connectivity index (χ2n) is 4.08. The van der Waals surface area contributed by atoms with Crippen molar-refractivity contribution < 1.29 is 4.74 Å². The normalized spacial score (nSPS) is 11.1. The van der Waals surface area contributed by atoms with Crippen molar-refractivity contribution in [3.63, 3.8) is 0 Å². The molecule has 0 unspecified atom stereocenters. The van der Waals surface area contributed by atoms with E-state index in [1.54, 1.807) is 7.11 Å². The second kappa shape index (κ2) is 9.78. The Bertz CT molecular complexity index is 329. The molecule has 3 nitrogen and oxygen atoms in total. The summed E-state index contributed by atoms with van der Waals surface area (Å²) < 4.78 is 5.22. The zero-order chi connectivity index (χ0) is 13.2. The van der Waals surface area contributed by atoms with E-state index >= 15 is 0 Å². The quantitative estimate of drug-likeness (QED) is 0.669. The van der Waals surface area contributed by atoms with E-state index in [1.807, 2.05) is 23.1 Å². The predicted molar refractivity (Wildman–Crippen MR) is 81.3 cm³/mol. The number of thiazole rings is 1. The van der Waals surface area contributed by atoms with Gasteiger partial charge < -0.3 is 10.1 Å². The lowest BCUT2D eigenvalue weighted by atomic mass is 10.3. The smallest absolute Gasteiger partial charge is 0.103 e. The maximum atomic E-state index is 5.22. The van der Waals surface area contributed by atoms with Crippen molar-refractivity contribution in [2.75, 3.05) is 19.4 Å². The Hall–Kier alpha value is -0.100. The van der Waals surface area contributed by atoms with Crippen molar-refractivity contribution in [2.24, 2.45) is 0 Å². The molecule has 1 aromatic rings. The molecule has 5 heteroatoms. The summed E-state index contributed by atoms with van der Waals surface area (Å²) in [5.41, 5.74) is 1.11. The van der Waals surface area contributed by atoms with Gasteiger partial charge in [-0.1, -0.05) is 20.3 Å². The number of methoxy groups -OCH3 is 1. The minimum absolute atomic E-state index is 0.623. The van der Waals surface area contributed by atoms with Crippen LogP contribution in [-0.4, -0.2) is 24.4 Å². The third-order valence-corrected chi connectivity index (χ3v) is 4.69. The van der Waals surface area contributed by atoms with Gasteiger partial charge in [-0.25, -0.2) is 4.98 Å². The number of nitrogens with zero attached hydrogens (tertiary/aromatic N) is 1. The summed E-state index contributed by atoms with van der Waals surface area (Å²) in [5, 5.41) is 4.70. The molecule has 104 valence electrons. The molecule has 1 heterocycles. The van der Waals surface area contributed by atoms with Crippen LogP contribution in [0, 0.1) is 0 Å². The van der Waals surface area contributed by atoms with Crippen LogP contribution >= 0.6 is 23.1 Å². The Balaban J connectivity index is 2.53. The molecule has 0 bridgehead atoms. The lowest BCUT2D eigenvalue weighted by Gasteiger charge is -2.03. The van der Waals surface area contributed by atoms with Gasteiger partial charge in [0.1, 0.15) is 5.01 Å². The van der Waals surface area contributed by atoms with Crippen molar-refractivity contribution in [3.05, 3.63) is 15.6 Å². The summed E-state index contributed by atoms with van der Waals surface area (Å²) in [7, 11) is 1.73. The van der Waals surface area contributed by atoms with E-state index in [1.165, 1.54) is 22.7 Å². The van der Waals surface area contributed by atoms with Gasteiger partial charge in [0.2, 0.25) is 0 Å². The van der Waals surface area contributed by atoms with Crippen LogP contribution in [0.1, 0.15) is 42.3 Å². The first-order valence-electron chi connectivity index (χ1n) is 6.56. The van der Waals surface area contributed by atoms with Crippen molar-refractivity contribution in [1.29, 1.82) is 0 Å². The molecule has 0 atom stereocenters. The molecule has 0 amide bonds. The van der Waals surface area contributed by atoms with Gasteiger partial charge in [-0.2, -0.15) is 11.8 Å². The third kappa shape index (κ3) is 5.69. The van der Waals surface area contributed by atoms with E-state index in [9.17, 15) is 0 Å². The highest BCUT2D eigenvalue weighted by Crippen LogP contribution is 2.23. The van der Waals surface area contributed by atoms with Crippen molar-refractivity contribution in [3.8, 4) is 0 Å². The fraction of sp³-hybridized carbons (Fsp3) is 0.769. The van der Waals surface area contributed by atoms with Crippen LogP contribution in [0.25, 0.3) is 0 Å². The van der Waals surface area contributed by atoms with Gasteiger partial charge in [0.25, 0.3) is 0 Å². The number of aromatic nitrogens is 1. The highest BCUT2D eigenvalue weighted by Gasteiger charge is 2.10. The van der Waals surface area contributed by atoms with Crippen molar-refractivity contribution in [2.45, 2.75) is 45.6 Å². The Kier molecular flexibility index (Phi) is 8.67. The van der Waals surface area contributed by atoms with Crippen LogP contribution in [0.5, 0.6) is 0 Å². The van der Waals surface area contributed by atoms with Gasteiger partial charge in [0, 0.05) is 24.3 Å². The van der Waals surface area contributed by atoms with Gasteiger partial charge in [-0.3, -0.25) is 0 Å². The van der Waals surface area contributed by atoms with Crippen molar-refractivity contribution in [1.82, 2.24) is 10.3 Å². The lowest BCUT2D eigenvalue weighted by Crippen LogP contribution is -2.14. The van der Waals surface area contributed by atoms with E-state index in [0.29, 0.717) is 6.61 Å². The average molecular weight is 288 g/mol. The molecule has 0 aliphatic rings. The molecule has 0 saturated heterocycles. The summed E-state index contributed by atoms with van der Waals surface area (Å²) in [4.78, 5) is 6.00. The SMILES string of the molecule is CCCCNCc1sc(CSCC)nc1COC.